The highest BCUT2D eigenvalue weighted by molar-refractivity contribution is 6.20. The first-order chi connectivity index (χ1) is 15.0. The van der Waals surface area contributed by atoms with E-state index in [1.54, 1.807) is 24.3 Å². The van der Waals surface area contributed by atoms with Crippen LogP contribution in [0.5, 0.6) is 0 Å². The van der Waals surface area contributed by atoms with Crippen LogP contribution in [0.25, 0.3) is 0 Å². The van der Waals surface area contributed by atoms with Gasteiger partial charge in [-0.15, -0.1) is 0 Å². The lowest BCUT2D eigenvalue weighted by molar-refractivity contribution is -0.137. The van der Waals surface area contributed by atoms with Crippen molar-refractivity contribution in [2.75, 3.05) is 11.9 Å². The maximum absolute atomic E-state index is 13.0. The fraction of sp³-hybridized carbons (Fsp3) is 0.238. The minimum atomic E-state index is -4.51. The van der Waals surface area contributed by atoms with E-state index in [2.05, 4.69) is 10.3 Å². The van der Waals surface area contributed by atoms with Gasteiger partial charge in [-0.25, -0.2) is 9.79 Å². The molecule has 1 aliphatic rings. The molecule has 0 saturated carbocycles. The summed E-state index contributed by atoms with van der Waals surface area (Å²) in [4.78, 5) is 41.8. The van der Waals surface area contributed by atoms with Gasteiger partial charge in [-0.1, -0.05) is 30.3 Å². The van der Waals surface area contributed by atoms with Gasteiger partial charge in [0, 0.05) is 18.2 Å². The first-order valence-electron chi connectivity index (χ1n) is 9.41. The van der Waals surface area contributed by atoms with Crippen LogP contribution in [-0.4, -0.2) is 48.0 Å². The van der Waals surface area contributed by atoms with Gasteiger partial charge in [-0.2, -0.15) is 13.2 Å². The van der Waals surface area contributed by atoms with E-state index in [-0.39, 0.29) is 5.71 Å². The summed E-state index contributed by atoms with van der Waals surface area (Å²) in [6.45, 7) is 1.30. The number of rotatable bonds is 4. The van der Waals surface area contributed by atoms with E-state index < -0.39 is 41.9 Å². The topological polar surface area (TPSA) is 111 Å². The van der Waals surface area contributed by atoms with Gasteiger partial charge >= 0.3 is 12.3 Å². The molecule has 8 nitrogen and oxygen atoms in total. The maximum Gasteiger partial charge on any atom is 0.416 e. The number of likely N-dealkylation sites (N-methyl/N-ethyl adjacent to an activating group) is 1. The summed E-state index contributed by atoms with van der Waals surface area (Å²) < 4.78 is 38.9. The number of amides is 3. The van der Waals surface area contributed by atoms with Crippen molar-refractivity contribution in [3.05, 3.63) is 65.2 Å². The molecule has 3 N–H and O–H groups in total. The Kier molecular flexibility index (Phi) is 6.19. The molecule has 0 bridgehead atoms. The van der Waals surface area contributed by atoms with E-state index >= 15 is 0 Å². The Morgan fingerprint density at radius 3 is 2.34 bits per heavy atom. The molecule has 2 aromatic carbocycles. The number of carbonyl (C=O) groups is 3. The Morgan fingerprint density at radius 2 is 1.75 bits per heavy atom. The molecular formula is C21H19F3N4O4. The average Bonchev–Trinajstić information content (AvgIpc) is 2.83. The maximum atomic E-state index is 13.0. The van der Waals surface area contributed by atoms with Crippen LogP contribution in [-0.2, 0) is 15.8 Å². The fourth-order valence-electron chi connectivity index (χ4n) is 3.17. The number of carboxylic acid groups (broad SMARTS) is 1. The first-order valence-corrected chi connectivity index (χ1v) is 9.41. The van der Waals surface area contributed by atoms with Crippen LogP contribution >= 0.6 is 0 Å². The third-order valence-electron chi connectivity index (χ3n) is 4.84. The number of hydrogen-bond donors (Lipinski definition) is 3. The van der Waals surface area contributed by atoms with Crippen molar-refractivity contribution in [2.24, 2.45) is 4.99 Å². The molecule has 11 heteroatoms. The molecule has 168 valence electrons. The van der Waals surface area contributed by atoms with Gasteiger partial charge < -0.3 is 20.6 Å². The van der Waals surface area contributed by atoms with Crippen LogP contribution < -0.4 is 15.5 Å². The van der Waals surface area contributed by atoms with Crippen molar-refractivity contribution in [2.45, 2.75) is 25.3 Å². The molecule has 2 atom stereocenters. The van der Waals surface area contributed by atoms with Crippen molar-refractivity contribution in [3.63, 3.8) is 0 Å². The molecule has 2 unspecified atom stereocenters. The van der Waals surface area contributed by atoms with Crippen molar-refractivity contribution < 1.29 is 32.7 Å². The van der Waals surface area contributed by atoms with E-state index in [1.165, 1.54) is 31.0 Å². The van der Waals surface area contributed by atoms with Crippen LogP contribution in [0.15, 0.2) is 53.5 Å². The quantitative estimate of drug-likeness (QED) is 0.668. The third kappa shape index (κ3) is 4.71. The molecule has 0 radical (unpaired) electrons. The van der Waals surface area contributed by atoms with Crippen LogP contribution in [0.1, 0.15) is 23.6 Å². The smallest absolute Gasteiger partial charge is 0.416 e. The minimum absolute atomic E-state index is 0.205. The minimum Gasteiger partial charge on any atom is -0.465 e. The van der Waals surface area contributed by atoms with E-state index in [0.29, 0.717) is 16.8 Å². The van der Waals surface area contributed by atoms with Gasteiger partial charge in [-0.05, 0) is 25.1 Å². The lowest BCUT2D eigenvalue weighted by Gasteiger charge is -2.21. The molecule has 0 saturated heterocycles. The molecule has 2 aromatic rings. The predicted molar refractivity (Wildman–Crippen MR) is 109 cm³/mol. The van der Waals surface area contributed by atoms with Crippen LogP contribution in [0.3, 0.4) is 0 Å². The molecule has 0 aromatic heterocycles. The molecule has 1 heterocycles. The second-order valence-corrected chi connectivity index (χ2v) is 7.05. The van der Waals surface area contributed by atoms with E-state index in [4.69, 9.17) is 5.11 Å². The lowest BCUT2D eigenvalue weighted by atomic mass is 9.99. The number of halogens is 3. The van der Waals surface area contributed by atoms with Gasteiger partial charge in [0.2, 0.25) is 12.1 Å². The monoisotopic (exact) mass is 448 g/mol. The number of carbonyl (C=O) groups excluding carboxylic acids is 2. The van der Waals surface area contributed by atoms with Gasteiger partial charge in [0.25, 0.3) is 5.91 Å². The highest BCUT2D eigenvalue weighted by Crippen LogP contribution is 2.31. The second-order valence-electron chi connectivity index (χ2n) is 7.05. The molecule has 1 aliphatic heterocycles. The SMILES string of the molecule is CC(NC(=O)O)C(=O)NC1N=C(c2ccc(C(F)(F)F)cc2)c2ccccc2N(C)C1=O. The summed E-state index contributed by atoms with van der Waals surface area (Å²) in [7, 11) is 1.48. The molecule has 32 heavy (non-hydrogen) atoms. The van der Waals surface area contributed by atoms with Crippen molar-refractivity contribution >= 4 is 29.3 Å². The standard InChI is InChI=1S/C21H19F3N4O4/c1-11(25-20(31)32)18(29)27-17-19(30)28(2)15-6-4-3-5-14(15)16(26-17)12-7-9-13(10-8-12)21(22,23)24/h3-11,17,25H,1-2H3,(H,27,29)(H,31,32). The van der Waals surface area contributed by atoms with Crippen molar-refractivity contribution in [1.29, 1.82) is 0 Å². The van der Waals surface area contributed by atoms with Gasteiger partial charge in [0.05, 0.1) is 17.0 Å². The van der Waals surface area contributed by atoms with Crippen LogP contribution in [0, 0.1) is 0 Å². The molecule has 0 aliphatic carbocycles. The normalized spacial score (nSPS) is 17.0. The van der Waals surface area contributed by atoms with Crippen molar-refractivity contribution in [1.82, 2.24) is 10.6 Å². The highest BCUT2D eigenvalue weighted by Gasteiger charge is 2.33. The Labute approximate surface area is 180 Å². The zero-order valence-corrected chi connectivity index (χ0v) is 17.0. The number of para-hydroxylation sites is 1. The Bertz CT molecular complexity index is 1080. The fourth-order valence-corrected chi connectivity index (χ4v) is 3.17. The summed E-state index contributed by atoms with van der Waals surface area (Å²) in [6, 6.07) is 9.80. The Morgan fingerprint density at radius 1 is 1.12 bits per heavy atom. The van der Waals surface area contributed by atoms with Crippen molar-refractivity contribution in [3.8, 4) is 0 Å². The number of benzodiazepines with no additional fused rings is 1. The zero-order valence-electron chi connectivity index (χ0n) is 17.0. The number of aliphatic imine (C=N–C) groups is 1. The lowest BCUT2D eigenvalue weighted by Crippen LogP contribution is -2.52. The number of anilines is 1. The number of nitrogens with one attached hydrogen (secondary N) is 2. The number of hydrogen-bond acceptors (Lipinski definition) is 4. The summed E-state index contributed by atoms with van der Waals surface area (Å²) in [5.41, 5.74) is 0.609. The number of alkyl halides is 3. The molecule has 0 spiro atoms. The Balaban J connectivity index is 2.05. The first kappa shape index (κ1) is 22.8. The molecule has 3 amide bonds. The molecular weight excluding hydrogens is 429 g/mol. The predicted octanol–water partition coefficient (Wildman–Crippen LogP) is 2.62. The van der Waals surface area contributed by atoms with Gasteiger partial charge in [-0.3, -0.25) is 9.59 Å². The number of nitrogens with zero attached hydrogens (tertiary/aromatic N) is 2. The van der Waals surface area contributed by atoms with Crippen LogP contribution in [0.2, 0.25) is 0 Å². The summed E-state index contributed by atoms with van der Waals surface area (Å²) in [6.07, 6.45) is -7.35. The van der Waals surface area contributed by atoms with E-state index in [1.807, 2.05) is 5.32 Å². The van der Waals surface area contributed by atoms with Crippen LogP contribution in [0.4, 0.5) is 23.7 Å². The highest BCUT2D eigenvalue weighted by atomic mass is 19.4. The van der Waals surface area contributed by atoms with E-state index in [9.17, 15) is 27.6 Å². The summed E-state index contributed by atoms with van der Waals surface area (Å²) in [5.74, 6) is -1.39. The number of benzene rings is 2. The van der Waals surface area contributed by atoms with E-state index in [0.717, 1.165) is 12.1 Å². The molecule has 3 rings (SSSR count). The zero-order chi connectivity index (χ0) is 23.6. The number of fused-ring (bicyclic) bond motifs is 1. The largest absolute Gasteiger partial charge is 0.465 e. The average molecular weight is 448 g/mol. The summed E-state index contributed by atoms with van der Waals surface area (Å²) >= 11 is 0. The van der Waals surface area contributed by atoms with Gasteiger partial charge in [0.1, 0.15) is 6.04 Å². The van der Waals surface area contributed by atoms with Gasteiger partial charge in [0.15, 0.2) is 0 Å². The Hall–Kier alpha value is -3.89. The second kappa shape index (κ2) is 8.69. The third-order valence-corrected chi connectivity index (χ3v) is 4.84. The molecule has 0 fully saturated rings. The summed E-state index contributed by atoms with van der Waals surface area (Å²) in [5, 5.41) is 13.2.